The fourth-order valence-corrected chi connectivity index (χ4v) is 3.03. The first-order valence-corrected chi connectivity index (χ1v) is 6.24. The van der Waals surface area contributed by atoms with E-state index in [1.54, 1.807) is 7.05 Å². The van der Waals surface area contributed by atoms with Crippen molar-refractivity contribution in [1.82, 2.24) is 8.61 Å². The molecule has 1 heterocycles. The molecule has 2 N–H and O–H groups in total. The molecule has 1 rings (SSSR count). The predicted octanol–water partition coefficient (Wildman–Crippen LogP) is -0.396. The van der Waals surface area contributed by atoms with E-state index in [2.05, 4.69) is 0 Å². The van der Waals surface area contributed by atoms with Crippen LogP contribution in [0.2, 0.25) is 0 Å². The van der Waals surface area contributed by atoms with Crippen molar-refractivity contribution in [2.45, 2.75) is 32.4 Å². The highest BCUT2D eigenvalue weighted by Gasteiger charge is 2.33. The largest absolute Gasteiger partial charge is 0.326 e. The van der Waals surface area contributed by atoms with Crippen molar-refractivity contribution in [3.63, 3.8) is 0 Å². The van der Waals surface area contributed by atoms with Crippen LogP contribution in [-0.2, 0) is 10.2 Å². The second-order valence-corrected chi connectivity index (χ2v) is 6.01. The third kappa shape index (κ3) is 2.25. The standard InChI is InChI=1S/C8H19N3O2S/c1-7(2)10(3)14(12,13)11-5-4-8(9)6-11/h7-8H,4-6,9H2,1-3H3/t8-/m0/s1. The minimum absolute atomic E-state index is 0.00895. The summed E-state index contributed by atoms with van der Waals surface area (Å²) in [6.07, 6.45) is 0.755. The lowest BCUT2D eigenvalue weighted by Crippen LogP contribution is -2.44. The number of nitrogens with two attached hydrogens (primary N) is 1. The van der Waals surface area contributed by atoms with Crippen molar-refractivity contribution >= 4 is 10.2 Å². The minimum atomic E-state index is -3.28. The van der Waals surface area contributed by atoms with Gasteiger partial charge in [0.25, 0.3) is 10.2 Å². The molecular weight excluding hydrogens is 202 g/mol. The Kier molecular flexibility index (Phi) is 3.52. The zero-order valence-corrected chi connectivity index (χ0v) is 9.79. The van der Waals surface area contributed by atoms with Gasteiger partial charge in [-0.25, -0.2) is 0 Å². The van der Waals surface area contributed by atoms with E-state index >= 15 is 0 Å². The smallest absolute Gasteiger partial charge is 0.282 e. The molecule has 0 aliphatic carbocycles. The molecule has 0 saturated carbocycles. The monoisotopic (exact) mass is 221 g/mol. The molecule has 1 saturated heterocycles. The fraction of sp³-hybridized carbons (Fsp3) is 1.00. The van der Waals surface area contributed by atoms with Crippen LogP contribution in [0.5, 0.6) is 0 Å². The summed E-state index contributed by atoms with van der Waals surface area (Å²) in [6.45, 7) is 4.70. The van der Waals surface area contributed by atoms with Crippen LogP contribution < -0.4 is 5.73 Å². The number of hydrogen-bond donors (Lipinski definition) is 1. The number of hydrogen-bond acceptors (Lipinski definition) is 3. The van der Waals surface area contributed by atoms with E-state index in [4.69, 9.17) is 5.73 Å². The average Bonchev–Trinajstić information content (AvgIpc) is 2.50. The van der Waals surface area contributed by atoms with E-state index in [1.807, 2.05) is 13.8 Å². The Morgan fingerprint density at radius 2 is 2.07 bits per heavy atom. The summed E-state index contributed by atoms with van der Waals surface area (Å²) in [6, 6.07) is -0.0258. The molecule has 0 spiro atoms. The molecule has 1 atom stereocenters. The van der Waals surface area contributed by atoms with Crippen molar-refractivity contribution in [2.24, 2.45) is 5.73 Å². The van der Waals surface area contributed by atoms with Gasteiger partial charge in [0.05, 0.1) is 0 Å². The first kappa shape index (κ1) is 11.9. The first-order chi connectivity index (χ1) is 6.35. The van der Waals surface area contributed by atoms with Crippen molar-refractivity contribution in [3.8, 4) is 0 Å². The molecule has 1 aliphatic rings. The summed E-state index contributed by atoms with van der Waals surface area (Å²) in [5.41, 5.74) is 5.67. The van der Waals surface area contributed by atoms with Gasteiger partial charge in [-0.1, -0.05) is 0 Å². The lowest BCUT2D eigenvalue weighted by atomic mass is 10.3. The normalized spacial score (nSPS) is 25.1. The van der Waals surface area contributed by atoms with Crippen LogP contribution in [0.1, 0.15) is 20.3 Å². The van der Waals surface area contributed by atoms with Gasteiger partial charge in [0, 0.05) is 32.2 Å². The maximum atomic E-state index is 11.9. The Morgan fingerprint density at radius 3 is 2.43 bits per heavy atom. The molecule has 1 aliphatic heterocycles. The molecule has 0 bridgehead atoms. The van der Waals surface area contributed by atoms with Gasteiger partial charge < -0.3 is 5.73 Å². The Bertz CT molecular complexity index is 289. The van der Waals surface area contributed by atoms with Gasteiger partial charge in [0.2, 0.25) is 0 Å². The fourth-order valence-electron chi connectivity index (χ4n) is 1.41. The summed E-state index contributed by atoms with van der Waals surface area (Å²) in [4.78, 5) is 0. The van der Waals surface area contributed by atoms with Crippen LogP contribution in [0.3, 0.4) is 0 Å². The Balaban J connectivity index is 2.75. The maximum absolute atomic E-state index is 11.9. The molecule has 0 unspecified atom stereocenters. The van der Waals surface area contributed by atoms with Gasteiger partial charge in [-0.2, -0.15) is 17.0 Å². The van der Waals surface area contributed by atoms with E-state index in [1.165, 1.54) is 8.61 Å². The second kappa shape index (κ2) is 4.14. The topological polar surface area (TPSA) is 66.6 Å². The van der Waals surface area contributed by atoms with Crippen LogP contribution in [0.15, 0.2) is 0 Å². The minimum Gasteiger partial charge on any atom is -0.326 e. The molecule has 0 aromatic rings. The molecule has 1 fully saturated rings. The summed E-state index contributed by atoms with van der Waals surface area (Å²) in [7, 11) is -1.68. The molecule has 0 aromatic heterocycles. The van der Waals surface area contributed by atoms with E-state index in [-0.39, 0.29) is 12.1 Å². The van der Waals surface area contributed by atoms with Gasteiger partial charge in [-0.05, 0) is 20.3 Å². The predicted molar refractivity (Wildman–Crippen MR) is 56.0 cm³/mol. The molecule has 14 heavy (non-hydrogen) atoms. The molecule has 0 amide bonds. The van der Waals surface area contributed by atoms with Crippen LogP contribution in [0.25, 0.3) is 0 Å². The van der Waals surface area contributed by atoms with Gasteiger partial charge in [0.15, 0.2) is 0 Å². The highest BCUT2D eigenvalue weighted by molar-refractivity contribution is 7.86. The Labute approximate surface area is 86.0 Å². The summed E-state index contributed by atoms with van der Waals surface area (Å²) >= 11 is 0. The Hall–Kier alpha value is -0.170. The van der Waals surface area contributed by atoms with Crippen molar-refractivity contribution in [3.05, 3.63) is 0 Å². The average molecular weight is 221 g/mol. The maximum Gasteiger partial charge on any atom is 0.282 e. The quantitative estimate of drug-likeness (QED) is 0.705. The van der Waals surface area contributed by atoms with Crippen LogP contribution in [0, 0.1) is 0 Å². The highest BCUT2D eigenvalue weighted by atomic mass is 32.2. The molecule has 0 aromatic carbocycles. The van der Waals surface area contributed by atoms with Gasteiger partial charge in [-0.15, -0.1) is 0 Å². The van der Waals surface area contributed by atoms with Gasteiger partial charge in [0.1, 0.15) is 0 Å². The molecule has 6 heteroatoms. The molecule has 0 radical (unpaired) electrons. The van der Waals surface area contributed by atoms with Gasteiger partial charge in [-0.3, -0.25) is 0 Å². The molecule has 5 nitrogen and oxygen atoms in total. The van der Waals surface area contributed by atoms with E-state index < -0.39 is 10.2 Å². The lowest BCUT2D eigenvalue weighted by Gasteiger charge is -2.26. The zero-order chi connectivity index (χ0) is 10.9. The third-order valence-corrected chi connectivity index (χ3v) is 4.74. The second-order valence-electron chi connectivity index (χ2n) is 4.02. The number of rotatable bonds is 3. The molecule has 84 valence electrons. The summed E-state index contributed by atoms with van der Waals surface area (Å²) in [5, 5.41) is 0. The number of nitrogens with zero attached hydrogens (tertiary/aromatic N) is 2. The van der Waals surface area contributed by atoms with E-state index in [0.29, 0.717) is 13.1 Å². The van der Waals surface area contributed by atoms with Crippen molar-refractivity contribution < 1.29 is 8.42 Å². The van der Waals surface area contributed by atoms with E-state index in [0.717, 1.165) is 6.42 Å². The van der Waals surface area contributed by atoms with Crippen LogP contribution >= 0.6 is 0 Å². The SMILES string of the molecule is CC(C)N(C)S(=O)(=O)N1CC[C@H](N)C1. The van der Waals surface area contributed by atoms with Crippen molar-refractivity contribution in [2.75, 3.05) is 20.1 Å². The van der Waals surface area contributed by atoms with Crippen LogP contribution in [0.4, 0.5) is 0 Å². The van der Waals surface area contributed by atoms with Gasteiger partial charge >= 0.3 is 0 Å². The van der Waals surface area contributed by atoms with Crippen molar-refractivity contribution in [1.29, 1.82) is 0 Å². The summed E-state index contributed by atoms with van der Waals surface area (Å²) in [5.74, 6) is 0. The van der Waals surface area contributed by atoms with Crippen LogP contribution in [-0.4, -0.2) is 49.2 Å². The summed E-state index contributed by atoms with van der Waals surface area (Å²) < 4.78 is 26.7. The van der Waals surface area contributed by atoms with E-state index in [9.17, 15) is 8.42 Å². The first-order valence-electron chi connectivity index (χ1n) is 4.84. The highest BCUT2D eigenvalue weighted by Crippen LogP contribution is 2.16. The zero-order valence-electron chi connectivity index (χ0n) is 8.97. The third-order valence-electron chi connectivity index (χ3n) is 2.60. The molecular formula is C8H19N3O2S. The lowest BCUT2D eigenvalue weighted by molar-refractivity contribution is 0.358. The Morgan fingerprint density at radius 1 is 1.50 bits per heavy atom.